The van der Waals surface area contributed by atoms with E-state index in [1.54, 1.807) is 0 Å². The van der Waals surface area contributed by atoms with E-state index < -0.39 is 51.8 Å². The van der Waals surface area contributed by atoms with Gasteiger partial charge in [-0.05, 0) is 25.7 Å². The van der Waals surface area contributed by atoms with Crippen molar-refractivity contribution in [1.29, 1.82) is 0 Å². The summed E-state index contributed by atoms with van der Waals surface area (Å²) in [6.07, 6.45) is 5.22. The van der Waals surface area contributed by atoms with Gasteiger partial charge in [-0.25, -0.2) is 13.2 Å². The number of benzene rings is 1. The van der Waals surface area contributed by atoms with Crippen LogP contribution >= 0.6 is 0 Å². The summed E-state index contributed by atoms with van der Waals surface area (Å²) in [5.74, 6) is -5.96. The van der Waals surface area contributed by atoms with Crippen molar-refractivity contribution in [2.45, 2.75) is 51.5 Å². The molecule has 8 heteroatoms. The van der Waals surface area contributed by atoms with Gasteiger partial charge in [-0.3, -0.25) is 9.59 Å². The first-order valence-corrected chi connectivity index (χ1v) is 8.98. The minimum absolute atomic E-state index is 0.0955. The first-order valence-electron chi connectivity index (χ1n) is 8.98. The number of carbonyl (C=O) groups is 2. The number of hydrogen-bond acceptors (Lipinski definition) is 3. The number of nitrogens with one attached hydrogen (secondary N) is 2. The highest BCUT2D eigenvalue weighted by molar-refractivity contribution is 6.23. The monoisotopic (exact) mass is 382 g/mol. The largest absolute Gasteiger partial charge is 0.511 e. The van der Waals surface area contributed by atoms with Gasteiger partial charge in [0, 0.05) is 24.1 Å². The zero-order chi connectivity index (χ0) is 19.7. The van der Waals surface area contributed by atoms with Crippen molar-refractivity contribution in [3.05, 3.63) is 40.4 Å². The van der Waals surface area contributed by atoms with Crippen LogP contribution in [0.2, 0.25) is 0 Å². The number of anilines is 1. The summed E-state index contributed by atoms with van der Waals surface area (Å²) in [7, 11) is 0. The lowest BCUT2D eigenvalue weighted by molar-refractivity contribution is -0.123. The van der Waals surface area contributed by atoms with Crippen molar-refractivity contribution in [2.24, 2.45) is 5.92 Å². The summed E-state index contributed by atoms with van der Waals surface area (Å²) >= 11 is 0. The Bertz CT molecular complexity index is 817. The predicted molar refractivity (Wildman–Crippen MR) is 92.5 cm³/mol. The lowest BCUT2D eigenvalue weighted by Crippen LogP contribution is -2.47. The molecule has 27 heavy (non-hydrogen) atoms. The van der Waals surface area contributed by atoms with Crippen LogP contribution in [0.15, 0.2) is 17.4 Å². The average Bonchev–Trinajstić information content (AvgIpc) is 2.64. The van der Waals surface area contributed by atoms with Gasteiger partial charge in [0.05, 0.1) is 5.69 Å². The molecule has 0 spiro atoms. The fourth-order valence-electron chi connectivity index (χ4n) is 3.75. The Morgan fingerprint density at radius 1 is 1.19 bits per heavy atom. The molecule has 1 aromatic rings. The maximum atomic E-state index is 13.9. The highest BCUT2D eigenvalue weighted by atomic mass is 19.2. The van der Waals surface area contributed by atoms with E-state index in [9.17, 15) is 27.9 Å². The van der Waals surface area contributed by atoms with Gasteiger partial charge in [0.15, 0.2) is 11.6 Å². The van der Waals surface area contributed by atoms with Crippen LogP contribution in [0.5, 0.6) is 0 Å². The standard InChI is InChI=1S/C19H21F3N2O3/c1-9-11(20)7-13(17(22)16(9)21)24-19(27)15-14(25)8-12(23-18(15)26)10-5-3-2-4-6-10/h7,10,12,25H,2-6,8H2,1H3,(H,23,26)(H,24,27). The fraction of sp³-hybridized carbons (Fsp3) is 0.474. The van der Waals surface area contributed by atoms with Crippen LogP contribution in [-0.2, 0) is 9.59 Å². The van der Waals surface area contributed by atoms with Gasteiger partial charge >= 0.3 is 0 Å². The van der Waals surface area contributed by atoms with E-state index >= 15 is 0 Å². The van der Waals surface area contributed by atoms with Gasteiger partial charge in [0.2, 0.25) is 0 Å². The summed E-state index contributed by atoms with van der Waals surface area (Å²) in [5.41, 5.74) is -1.82. The molecule has 1 saturated carbocycles. The van der Waals surface area contributed by atoms with Gasteiger partial charge in [-0.1, -0.05) is 19.3 Å². The van der Waals surface area contributed by atoms with Crippen LogP contribution in [0.25, 0.3) is 0 Å². The Kier molecular flexibility index (Phi) is 5.43. The topological polar surface area (TPSA) is 78.4 Å². The van der Waals surface area contributed by atoms with Crippen LogP contribution in [0.4, 0.5) is 18.9 Å². The third-order valence-electron chi connectivity index (χ3n) is 5.33. The molecule has 5 nitrogen and oxygen atoms in total. The quantitative estimate of drug-likeness (QED) is 0.552. The first kappa shape index (κ1) is 19.3. The van der Waals surface area contributed by atoms with Crippen molar-refractivity contribution in [3.63, 3.8) is 0 Å². The molecule has 3 N–H and O–H groups in total. The van der Waals surface area contributed by atoms with Gasteiger partial charge in [0.25, 0.3) is 11.8 Å². The SMILES string of the molecule is Cc1c(F)cc(NC(=O)C2=C(O)CC(C3CCCCC3)NC2=O)c(F)c1F. The third kappa shape index (κ3) is 3.79. The van der Waals surface area contributed by atoms with Gasteiger partial charge < -0.3 is 15.7 Å². The van der Waals surface area contributed by atoms with E-state index in [-0.39, 0.29) is 18.4 Å². The Morgan fingerprint density at radius 2 is 1.85 bits per heavy atom. The minimum Gasteiger partial charge on any atom is -0.511 e. The number of carbonyl (C=O) groups excluding carboxylic acids is 2. The summed E-state index contributed by atoms with van der Waals surface area (Å²) in [5, 5.41) is 14.9. The van der Waals surface area contributed by atoms with Crippen LogP contribution in [-0.4, -0.2) is 23.0 Å². The average molecular weight is 382 g/mol. The second-order valence-electron chi connectivity index (χ2n) is 7.12. The molecule has 1 aliphatic carbocycles. The Labute approximate surface area is 154 Å². The third-order valence-corrected chi connectivity index (χ3v) is 5.33. The number of hydrogen-bond donors (Lipinski definition) is 3. The zero-order valence-corrected chi connectivity index (χ0v) is 14.9. The normalized spacial score (nSPS) is 21.2. The van der Waals surface area contributed by atoms with Gasteiger partial charge in [-0.15, -0.1) is 0 Å². The van der Waals surface area contributed by atoms with E-state index in [4.69, 9.17) is 0 Å². The molecule has 0 aromatic heterocycles. The van der Waals surface area contributed by atoms with E-state index in [0.29, 0.717) is 6.07 Å². The summed E-state index contributed by atoms with van der Waals surface area (Å²) < 4.78 is 41.2. The Hall–Kier alpha value is -2.51. The molecule has 1 unspecified atom stereocenters. The number of aliphatic hydroxyl groups excluding tert-OH is 1. The van der Waals surface area contributed by atoms with E-state index in [2.05, 4.69) is 5.32 Å². The molecule has 0 saturated heterocycles. The highest BCUT2D eigenvalue weighted by Crippen LogP contribution is 2.31. The number of rotatable bonds is 3. The van der Waals surface area contributed by atoms with Crippen LogP contribution in [0.1, 0.15) is 44.1 Å². The number of amides is 2. The van der Waals surface area contributed by atoms with Crippen molar-refractivity contribution in [2.75, 3.05) is 5.32 Å². The van der Waals surface area contributed by atoms with Crippen LogP contribution in [0.3, 0.4) is 0 Å². The predicted octanol–water partition coefficient (Wildman–Crippen LogP) is 3.63. The molecule has 146 valence electrons. The van der Waals surface area contributed by atoms with Gasteiger partial charge in [-0.2, -0.15) is 0 Å². The molecule has 0 radical (unpaired) electrons. The zero-order valence-electron chi connectivity index (χ0n) is 14.9. The highest BCUT2D eigenvalue weighted by Gasteiger charge is 2.35. The summed E-state index contributed by atoms with van der Waals surface area (Å²) in [6.45, 7) is 1.06. The summed E-state index contributed by atoms with van der Waals surface area (Å²) in [6, 6.07) is 0.370. The molecular formula is C19H21F3N2O3. The summed E-state index contributed by atoms with van der Waals surface area (Å²) in [4.78, 5) is 24.7. The Balaban J connectivity index is 1.79. The molecule has 0 bridgehead atoms. The second kappa shape index (κ2) is 7.62. The molecule has 1 heterocycles. The molecule has 1 fully saturated rings. The smallest absolute Gasteiger partial charge is 0.264 e. The number of aliphatic hydroxyl groups is 1. The van der Waals surface area contributed by atoms with Crippen molar-refractivity contribution >= 4 is 17.5 Å². The molecular weight excluding hydrogens is 361 g/mol. The molecule has 1 aliphatic heterocycles. The maximum Gasteiger partial charge on any atom is 0.264 e. The molecule has 2 amide bonds. The van der Waals surface area contributed by atoms with Crippen molar-refractivity contribution in [1.82, 2.24) is 5.32 Å². The molecule has 2 aliphatic rings. The van der Waals surface area contributed by atoms with E-state index in [1.165, 1.54) is 0 Å². The van der Waals surface area contributed by atoms with E-state index in [1.807, 2.05) is 5.32 Å². The second-order valence-corrected chi connectivity index (χ2v) is 7.12. The molecule has 3 rings (SSSR count). The fourth-order valence-corrected chi connectivity index (χ4v) is 3.75. The number of halogens is 3. The van der Waals surface area contributed by atoms with Crippen molar-refractivity contribution < 1.29 is 27.9 Å². The van der Waals surface area contributed by atoms with Crippen LogP contribution in [0, 0.1) is 30.3 Å². The maximum absolute atomic E-state index is 13.9. The molecule has 1 atom stereocenters. The van der Waals surface area contributed by atoms with Crippen LogP contribution < -0.4 is 10.6 Å². The molecule has 1 aromatic carbocycles. The minimum atomic E-state index is -1.43. The Morgan fingerprint density at radius 3 is 2.48 bits per heavy atom. The lowest BCUT2D eigenvalue weighted by atomic mass is 9.81. The first-order chi connectivity index (χ1) is 12.8. The van der Waals surface area contributed by atoms with E-state index in [0.717, 1.165) is 39.0 Å². The van der Waals surface area contributed by atoms with Crippen molar-refractivity contribution in [3.8, 4) is 0 Å². The van der Waals surface area contributed by atoms with Gasteiger partial charge in [0.1, 0.15) is 17.1 Å². The lowest BCUT2D eigenvalue weighted by Gasteiger charge is -2.33.